The molecule has 0 nitrogen and oxygen atoms in total. The predicted molar refractivity (Wildman–Crippen MR) is 45.6 cm³/mol. The van der Waals surface area contributed by atoms with Crippen molar-refractivity contribution in [1.29, 1.82) is 0 Å². The molecule has 0 amide bonds. The number of allylic oxidation sites excluding steroid dienone is 4. The molecule has 0 aromatic carbocycles. The molecule has 0 saturated carbocycles. The summed E-state index contributed by atoms with van der Waals surface area (Å²) >= 11 is 0. The van der Waals surface area contributed by atoms with Gasteiger partial charge in [0, 0.05) is 0 Å². The molecule has 21 heavy (non-hydrogen) atoms. The Morgan fingerprint density at radius 1 is 0.714 bits per heavy atom. The average molecular weight is 332 g/mol. The maximum absolute atomic E-state index is 14.0. The molecule has 0 aliphatic heterocycles. The third-order valence-corrected chi connectivity index (χ3v) is 3.58. The number of hydrogen-bond acceptors (Lipinski definition) is 0. The Morgan fingerprint density at radius 2 is 1.05 bits per heavy atom. The van der Waals surface area contributed by atoms with Crippen molar-refractivity contribution in [2.45, 2.75) is 36.3 Å². The lowest BCUT2D eigenvalue weighted by atomic mass is 9.62. The summed E-state index contributed by atoms with van der Waals surface area (Å²) in [5.41, 5.74) is -16.8. The van der Waals surface area contributed by atoms with Gasteiger partial charge in [-0.05, 0) is 12.5 Å². The Labute approximate surface area is 108 Å². The van der Waals surface area contributed by atoms with Crippen molar-refractivity contribution < 1.29 is 48.3 Å². The lowest BCUT2D eigenvalue weighted by Gasteiger charge is -2.52. The highest BCUT2D eigenvalue weighted by atomic mass is 19.4. The van der Waals surface area contributed by atoms with Gasteiger partial charge >= 0.3 is 18.0 Å². The number of rotatable bonds is 0. The molecule has 2 bridgehead atoms. The molecule has 0 spiro atoms. The van der Waals surface area contributed by atoms with Crippen LogP contribution in [0.1, 0.15) is 6.92 Å². The highest BCUT2D eigenvalue weighted by Gasteiger charge is 2.91. The average Bonchev–Trinajstić information content (AvgIpc) is 2.30. The minimum Gasteiger partial charge on any atom is -0.224 e. The summed E-state index contributed by atoms with van der Waals surface area (Å²) in [7, 11) is 0. The molecule has 3 aliphatic rings. The largest absolute Gasteiger partial charge is 0.416 e. The molecule has 0 aromatic rings. The van der Waals surface area contributed by atoms with E-state index in [2.05, 4.69) is 0 Å². The van der Waals surface area contributed by atoms with Crippen LogP contribution in [0.2, 0.25) is 0 Å². The summed E-state index contributed by atoms with van der Waals surface area (Å²) in [6, 6.07) is 0. The van der Waals surface area contributed by atoms with Crippen LogP contribution in [0.15, 0.2) is 22.8 Å². The summed E-state index contributed by atoms with van der Waals surface area (Å²) in [4.78, 5) is 0. The Bertz CT molecular complexity index is 580. The number of halogens is 11. The van der Waals surface area contributed by atoms with Crippen LogP contribution in [0.4, 0.5) is 48.3 Å². The van der Waals surface area contributed by atoms with E-state index in [1.54, 1.807) is 0 Å². The molecule has 0 aromatic heterocycles. The van der Waals surface area contributed by atoms with Gasteiger partial charge in [0.05, 0.1) is 5.57 Å². The quantitative estimate of drug-likeness (QED) is 0.444. The molecule has 2 atom stereocenters. The van der Waals surface area contributed by atoms with E-state index in [-0.39, 0.29) is 6.92 Å². The van der Waals surface area contributed by atoms with Gasteiger partial charge < -0.3 is 0 Å². The molecule has 2 unspecified atom stereocenters. The second-order valence-electron chi connectivity index (χ2n) is 4.59. The molecule has 120 valence electrons. The Morgan fingerprint density at radius 3 is 1.43 bits per heavy atom. The van der Waals surface area contributed by atoms with Gasteiger partial charge in [-0.1, -0.05) is 0 Å². The molecule has 0 N–H and O–H groups in total. The zero-order chi connectivity index (χ0) is 16.8. The highest BCUT2D eigenvalue weighted by Crippen LogP contribution is 2.71. The molecular formula is C10H3F11. The summed E-state index contributed by atoms with van der Waals surface area (Å²) in [6.07, 6.45) is -6.12. The fourth-order valence-electron chi connectivity index (χ4n) is 2.52. The van der Waals surface area contributed by atoms with E-state index in [4.69, 9.17) is 0 Å². The zero-order valence-electron chi connectivity index (χ0n) is 9.66. The van der Waals surface area contributed by atoms with Gasteiger partial charge in [-0.15, -0.1) is 0 Å². The minimum atomic E-state index is -6.47. The van der Waals surface area contributed by atoms with E-state index in [1.165, 1.54) is 0 Å². The maximum atomic E-state index is 14.0. The van der Waals surface area contributed by atoms with E-state index in [1.807, 2.05) is 0 Å². The fourth-order valence-corrected chi connectivity index (χ4v) is 2.52. The molecular weight excluding hydrogens is 329 g/mol. The SMILES string of the molecule is CC1=C(C(F)(F)F)C2(F)C(F)=C(F)C1(F)C(F)(F)C2(F)F. The smallest absolute Gasteiger partial charge is 0.224 e. The van der Waals surface area contributed by atoms with Gasteiger partial charge in [-0.2, -0.15) is 30.7 Å². The summed E-state index contributed by atoms with van der Waals surface area (Å²) < 4.78 is 146. The van der Waals surface area contributed by atoms with Crippen molar-refractivity contribution >= 4 is 0 Å². The first kappa shape index (κ1) is 16.1. The monoisotopic (exact) mass is 332 g/mol. The van der Waals surface area contributed by atoms with Crippen molar-refractivity contribution in [2.24, 2.45) is 0 Å². The fraction of sp³-hybridized carbons (Fsp3) is 0.600. The molecule has 3 rings (SSSR count). The Balaban J connectivity index is 3.04. The lowest BCUT2D eigenvalue weighted by molar-refractivity contribution is -0.321. The van der Waals surface area contributed by atoms with Crippen LogP contribution in [-0.2, 0) is 0 Å². The van der Waals surface area contributed by atoms with Gasteiger partial charge in [0.1, 0.15) is 0 Å². The topological polar surface area (TPSA) is 0 Å². The first-order valence-electron chi connectivity index (χ1n) is 5.08. The molecule has 0 saturated heterocycles. The summed E-state index contributed by atoms with van der Waals surface area (Å²) in [6.45, 7) is -0.147. The second-order valence-corrected chi connectivity index (χ2v) is 4.59. The predicted octanol–water partition coefficient (Wildman–Crippen LogP) is 4.73. The van der Waals surface area contributed by atoms with Crippen molar-refractivity contribution in [3.8, 4) is 0 Å². The van der Waals surface area contributed by atoms with E-state index in [0.717, 1.165) is 0 Å². The van der Waals surface area contributed by atoms with Crippen LogP contribution in [-0.4, -0.2) is 29.4 Å². The Kier molecular flexibility index (Phi) is 2.71. The zero-order valence-corrected chi connectivity index (χ0v) is 9.66. The van der Waals surface area contributed by atoms with Crippen molar-refractivity contribution in [3.05, 3.63) is 22.8 Å². The number of hydrogen-bond donors (Lipinski definition) is 0. The van der Waals surface area contributed by atoms with E-state index in [0.29, 0.717) is 0 Å². The molecule has 0 radical (unpaired) electrons. The molecule has 11 heteroatoms. The van der Waals surface area contributed by atoms with Crippen LogP contribution < -0.4 is 0 Å². The van der Waals surface area contributed by atoms with Crippen molar-refractivity contribution in [1.82, 2.24) is 0 Å². The minimum absolute atomic E-state index is 0.147. The lowest BCUT2D eigenvalue weighted by Crippen LogP contribution is -2.74. The standard InChI is InChI=1S/C10H3F11/c1-2-3(8(15,16)17)7(14)5(12)4(11)6(2,13)9(18,19)10(7,20)21/h1H3. The summed E-state index contributed by atoms with van der Waals surface area (Å²) in [5.74, 6) is -19.6. The van der Waals surface area contributed by atoms with Crippen LogP contribution in [0.5, 0.6) is 0 Å². The van der Waals surface area contributed by atoms with Gasteiger partial charge in [0.15, 0.2) is 11.7 Å². The maximum Gasteiger partial charge on any atom is 0.416 e. The van der Waals surface area contributed by atoms with Crippen LogP contribution >= 0.6 is 0 Å². The van der Waals surface area contributed by atoms with E-state index >= 15 is 0 Å². The van der Waals surface area contributed by atoms with Gasteiger partial charge in [0.25, 0.3) is 11.3 Å². The second kappa shape index (κ2) is 3.54. The van der Waals surface area contributed by atoms with Crippen molar-refractivity contribution in [2.75, 3.05) is 0 Å². The molecule has 0 heterocycles. The molecule has 3 aliphatic carbocycles. The first-order valence-corrected chi connectivity index (χ1v) is 5.08. The third-order valence-electron chi connectivity index (χ3n) is 3.58. The molecule has 0 fully saturated rings. The third kappa shape index (κ3) is 1.29. The first-order chi connectivity index (χ1) is 9.09. The van der Waals surface area contributed by atoms with Crippen LogP contribution in [0.25, 0.3) is 0 Å². The normalized spacial score (nSPS) is 38.3. The highest BCUT2D eigenvalue weighted by molar-refractivity contribution is 5.59. The van der Waals surface area contributed by atoms with Crippen molar-refractivity contribution in [3.63, 3.8) is 0 Å². The van der Waals surface area contributed by atoms with Crippen LogP contribution in [0.3, 0.4) is 0 Å². The van der Waals surface area contributed by atoms with Gasteiger partial charge in [-0.3, -0.25) is 0 Å². The number of fused-ring (bicyclic) bond motifs is 1. The van der Waals surface area contributed by atoms with Gasteiger partial charge in [0.2, 0.25) is 0 Å². The van der Waals surface area contributed by atoms with Crippen LogP contribution in [0, 0.1) is 0 Å². The summed E-state index contributed by atoms with van der Waals surface area (Å²) in [5, 5.41) is 0. The van der Waals surface area contributed by atoms with E-state index in [9.17, 15) is 48.3 Å². The number of alkyl halides is 9. The van der Waals surface area contributed by atoms with Gasteiger partial charge in [-0.25, -0.2) is 17.6 Å². The van der Waals surface area contributed by atoms with E-state index < -0.39 is 52.2 Å². The Hall–Kier alpha value is -1.29.